The van der Waals surface area contributed by atoms with Crippen LogP contribution in [0.2, 0.25) is 0 Å². The lowest BCUT2D eigenvalue weighted by Crippen LogP contribution is -2.59. The summed E-state index contributed by atoms with van der Waals surface area (Å²) in [6, 6.07) is 30.2. The van der Waals surface area contributed by atoms with Gasteiger partial charge in [0, 0.05) is 65.7 Å². The zero-order chi connectivity index (χ0) is 56.0. The van der Waals surface area contributed by atoms with Crippen molar-refractivity contribution in [2.24, 2.45) is 23.2 Å². The highest BCUT2D eigenvalue weighted by atomic mass is 16.6. The molecule has 1 aromatic heterocycles. The Kier molecular flexibility index (Phi) is 15.7. The molecule has 3 saturated carbocycles. The van der Waals surface area contributed by atoms with E-state index in [-0.39, 0.29) is 90.3 Å². The van der Waals surface area contributed by atoms with Crippen molar-refractivity contribution >= 4 is 29.0 Å². The first kappa shape index (κ1) is 55.4. The molecular formula is C70H80O11. The van der Waals surface area contributed by atoms with Gasteiger partial charge in [-0.2, -0.15) is 0 Å². The number of hydrogen-bond acceptors (Lipinski definition) is 11. The molecule has 11 nitrogen and oxygen atoms in total. The third-order valence-corrected chi connectivity index (χ3v) is 20.8. The van der Waals surface area contributed by atoms with Crippen LogP contribution in [0.3, 0.4) is 0 Å². The van der Waals surface area contributed by atoms with E-state index in [0.717, 1.165) is 75.3 Å². The van der Waals surface area contributed by atoms with E-state index in [1.807, 2.05) is 6.92 Å². The van der Waals surface area contributed by atoms with Crippen LogP contribution in [-0.2, 0) is 42.2 Å². The molecule has 4 aromatic carbocycles. The fourth-order valence-electron chi connectivity index (χ4n) is 16.6. The SMILES string of the molecule is COC[C@@H](CCO)c1c(CO)c2ccc3c(c2oc1=O)[C@H]1OC(=O)C[C@H]2C[C@@H](c4cccc([C@]56CCCC[C@@H]5C=Cc5ccccc56)c4)C=C[C@H]2c2ccc(cc2)CC/C(=C(\C)CO)C(=O)O[C@@H]1[C@](C)([C@H]1CCCC2(CCCC2)C1)O3. The molecule has 8 aliphatic rings. The summed E-state index contributed by atoms with van der Waals surface area (Å²) in [4.78, 5) is 45.5. The van der Waals surface area contributed by atoms with Gasteiger partial charge in [0.1, 0.15) is 16.9 Å². The van der Waals surface area contributed by atoms with E-state index in [2.05, 4.69) is 97.1 Å². The van der Waals surface area contributed by atoms with Crippen LogP contribution in [0.5, 0.6) is 5.75 Å². The van der Waals surface area contributed by atoms with Gasteiger partial charge in [0.15, 0.2) is 12.2 Å². The number of aryl methyl sites for hydroxylation is 1. The molecule has 426 valence electrons. The van der Waals surface area contributed by atoms with Gasteiger partial charge in [-0.1, -0.05) is 129 Å². The van der Waals surface area contributed by atoms with Crippen LogP contribution in [0, 0.1) is 23.2 Å². The third kappa shape index (κ3) is 10.1. The van der Waals surface area contributed by atoms with Crippen LogP contribution in [-0.4, -0.2) is 65.9 Å². The Balaban J connectivity index is 0.990. The molecule has 11 heteroatoms. The number of carbonyl (C=O) groups excluding carboxylic acids is 2. The first-order chi connectivity index (χ1) is 39.4. The minimum atomic E-state index is -1.32. The number of benzene rings is 4. The van der Waals surface area contributed by atoms with Crippen LogP contribution in [0.15, 0.2) is 124 Å². The normalized spacial score (nSPS) is 29.8. The standard InChI is InChI=1S/C70H80O11/c1-43(40-72)54-26-20-44-18-21-45(22-19-44)55-27-24-48(47-13-10-15-52(37-47)70-34-7-6-14-51(70)25-23-46-12-4-5-17-58(46)70)36-50(55)38-60(74)78-64-62-59(29-28-56-57(41-73)61(67(76)79-63(56)62)49(30-35-71)42-77-3)81-68(2,65(64)80-66(54)75)53-16-11-33-69(39-53)31-8-9-32-69/h4-5,10,12-13,15,17-19,21-25,27-29,37,48-51,53,55,64-65,71-73H,6-9,11,14,16,20,26,30-36,38-42H2,1-3H3/b54-43-/t48-,49+,50+,51+,53-,55-,64+,65-,68-,70-/m0/s1. The van der Waals surface area contributed by atoms with Crippen molar-refractivity contribution in [1.82, 2.24) is 0 Å². The Labute approximate surface area is 476 Å². The second-order valence-electron chi connectivity index (χ2n) is 25.3. The summed E-state index contributed by atoms with van der Waals surface area (Å²) in [6.45, 7) is 2.73. The molecule has 2 bridgehead atoms. The van der Waals surface area contributed by atoms with Gasteiger partial charge in [-0.15, -0.1) is 0 Å². The zero-order valence-electron chi connectivity index (χ0n) is 47.5. The molecule has 3 fully saturated rings. The highest BCUT2D eigenvalue weighted by Gasteiger charge is 2.59. The van der Waals surface area contributed by atoms with Crippen molar-refractivity contribution in [1.29, 1.82) is 0 Å². The third-order valence-electron chi connectivity index (χ3n) is 20.8. The summed E-state index contributed by atoms with van der Waals surface area (Å²) in [5.74, 6) is -1.43. The first-order valence-corrected chi connectivity index (χ1v) is 30.3. The highest BCUT2D eigenvalue weighted by molar-refractivity contribution is 5.90. The van der Waals surface area contributed by atoms with E-state index >= 15 is 9.59 Å². The Morgan fingerprint density at radius 3 is 2.41 bits per heavy atom. The van der Waals surface area contributed by atoms with Crippen molar-refractivity contribution < 1.29 is 48.3 Å². The van der Waals surface area contributed by atoms with Crippen LogP contribution in [0.4, 0.5) is 0 Å². The second kappa shape index (κ2) is 22.9. The number of allylic oxidation sites excluding steroid dienone is 3. The largest absolute Gasteiger partial charge is 0.483 e. The van der Waals surface area contributed by atoms with Gasteiger partial charge < -0.3 is 38.7 Å². The van der Waals surface area contributed by atoms with Crippen molar-refractivity contribution in [3.8, 4) is 5.75 Å². The fourth-order valence-corrected chi connectivity index (χ4v) is 16.6. The van der Waals surface area contributed by atoms with Crippen LogP contribution >= 0.6 is 0 Å². The number of esters is 2. The number of rotatable bonds is 10. The predicted octanol–water partition coefficient (Wildman–Crippen LogP) is 13.1. The van der Waals surface area contributed by atoms with Crippen molar-refractivity contribution in [3.05, 3.63) is 175 Å². The smallest absolute Gasteiger partial charge is 0.340 e. The van der Waals surface area contributed by atoms with Crippen LogP contribution in [0.25, 0.3) is 17.0 Å². The Morgan fingerprint density at radius 2 is 1.62 bits per heavy atom. The summed E-state index contributed by atoms with van der Waals surface area (Å²) in [5.41, 5.74) is 7.01. The quantitative estimate of drug-likeness (QED) is 0.0528. The van der Waals surface area contributed by atoms with Crippen LogP contribution < -0.4 is 10.4 Å². The number of aliphatic hydroxyl groups is 3. The highest BCUT2D eigenvalue weighted by Crippen LogP contribution is 2.59. The van der Waals surface area contributed by atoms with Crippen molar-refractivity contribution in [3.63, 3.8) is 0 Å². The van der Waals surface area contributed by atoms with Crippen molar-refractivity contribution in [2.75, 3.05) is 26.9 Å². The monoisotopic (exact) mass is 1100 g/mol. The first-order valence-electron chi connectivity index (χ1n) is 30.3. The average molecular weight is 1100 g/mol. The second-order valence-corrected chi connectivity index (χ2v) is 25.3. The molecule has 5 aliphatic carbocycles. The molecule has 13 rings (SSSR count). The minimum absolute atomic E-state index is 0.00348. The fraction of sp³-hybridized carbons (Fsp3) is 0.500. The maximum absolute atomic E-state index is 15.7. The van der Waals surface area contributed by atoms with E-state index in [1.54, 1.807) is 19.1 Å². The van der Waals surface area contributed by atoms with E-state index in [1.165, 1.54) is 42.2 Å². The lowest BCUT2D eigenvalue weighted by Gasteiger charge is -2.52. The van der Waals surface area contributed by atoms with Gasteiger partial charge in [0.25, 0.3) is 0 Å². The molecule has 81 heavy (non-hydrogen) atoms. The Morgan fingerprint density at radius 1 is 0.815 bits per heavy atom. The molecule has 1 spiro atoms. The molecule has 5 aromatic rings. The molecule has 3 aliphatic heterocycles. The van der Waals surface area contributed by atoms with E-state index in [0.29, 0.717) is 46.6 Å². The molecule has 0 radical (unpaired) electrons. The number of ether oxygens (including phenoxy) is 4. The lowest BCUT2D eigenvalue weighted by atomic mass is 9.56. The number of hydrogen-bond donors (Lipinski definition) is 3. The van der Waals surface area contributed by atoms with E-state index in [9.17, 15) is 20.1 Å². The molecule has 0 unspecified atom stereocenters. The summed E-state index contributed by atoms with van der Waals surface area (Å²) < 4.78 is 33.3. The minimum Gasteiger partial charge on any atom is -0.483 e. The van der Waals surface area contributed by atoms with Crippen molar-refractivity contribution in [2.45, 2.75) is 171 Å². The maximum atomic E-state index is 15.7. The number of aliphatic hydroxyl groups excluding tert-OH is 3. The zero-order valence-corrected chi connectivity index (χ0v) is 47.5. The molecule has 0 saturated heterocycles. The summed E-state index contributed by atoms with van der Waals surface area (Å²) in [7, 11) is 1.52. The predicted molar refractivity (Wildman–Crippen MR) is 312 cm³/mol. The van der Waals surface area contributed by atoms with Gasteiger partial charge in [-0.25, -0.2) is 9.59 Å². The molecule has 10 atom stereocenters. The lowest BCUT2D eigenvalue weighted by molar-refractivity contribution is -0.203. The summed E-state index contributed by atoms with van der Waals surface area (Å²) in [6.07, 6.45) is 21.4. The van der Waals surface area contributed by atoms with E-state index < -0.39 is 47.9 Å². The maximum Gasteiger partial charge on any atom is 0.340 e. The van der Waals surface area contributed by atoms with Crippen LogP contribution in [0.1, 0.15) is 191 Å². The Hall–Kier alpha value is -6.11. The Bertz CT molecular complexity index is 3320. The van der Waals surface area contributed by atoms with Gasteiger partial charge >= 0.3 is 17.6 Å². The molecule has 3 N–H and O–H groups in total. The average Bonchev–Trinajstić information content (AvgIpc) is 3.05. The number of fused-ring (bicyclic) bond motifs is 14. The van der Waals surface area contributed by atoms with Gasteiger partial charge in [-0.3, -0.25) is 4.79 Å². The molecular weight excluding hydrogens is 1020 g/mol. The van der Waals surface area contributed by atoms with Gasteiger partial charge in [0.2, 0.25) is 0 Å². The summed E-state index contributed by atoms with van der Waals surface area (Å²) in [5, 5.41) is 32.4. The number of carbonyl (C=O) groups is 2. The number of methoxy groups -OCH3 is 1. The molecule has 4 heterocycles. The topological polar surface area (TPSA) is 162 Å². The van der Waals surface area contributed by atoms with E-state index in [4.69, 9.17) is 23.4 Å². The molecule has 0 amide bonds. The van der Waals surface area contributed by atoms with Gasteiger partial charge in [-0.05, 0) is 158 Å². The van der Waals surface area contributed by atoms with Gasteiger partial charge in [0.05, 0.1) is 25.4 Å². The summed E-state index contributed by atoms with van der Waals surface area (Å²) >= 11 is 0.